The maximum Gasteiger partial charge on any atom is 0.246 e. The number of para-hydroxylation sites is 4. The van der Waals surface area contributed by atoms with Crippen LogP contribution >= 0.6 is 0 Å². The highest BCUT2D eigenvalue weighted by molar-refractivity contribution is 6.11. The predicted octanol–water partition coefficient (Wildman–Crippen LogP) is 8.44. The molecular formula is C32H17FN4. The Bertz CT molecular complexity index is 1880. The molecule has 0 radical (unpaired) electrons. The molecule has 37 heavy (non-hydrogen) atoms. The zero-order valence-corrected chi connectivity index (χ0v) is 19.5. The molecule has 2 heterocycles. The third-order valence-corrected chi connectivity index (χ3v) is 7.07. The highest BCUT2D eigenvalue weighted by Gasteiger charge is 2.25. The van der Waals surface area contributed by atoms with Crippen molar-refractivity contribution in [2.45, 2.75) is 0 Å². The molecule has 2 aromatic heterocycles. The van der Waals surface area contributed by atoms with Gasteiger partial charge in [0, 0.05) is 21.5 Å². The number of hydrogen-bond acceptors (Lipinski definition) is 1. The molecule has 0 fully saturated rings. The lowest BCUT2D eigenvalue weighted by molar-refractivity contribution is 0.628. The van der Waals surface area contributed by atoms with Crippen LogP contribution in [-0.2, 0) is 0 Å². The smallest absolute Gasteiger partial charge is 0.246 e. The van der Waals surface area contributed by atoms with Crippen molar-refractivity contribution in [1.29, 1.82) is 5.26 Å². The molecule has 0 N–H and O–H groups in total. The van der Waals surface area contributed by atoms with Crippen LogP contribution in [0.1, 0.15) is 5.56 Å². The summed E-state index contributed by atoms with van der Waals surface area (Å²) >= 11 is 0. The number of benzene rings is 5. The van der Waals surface area contributed by atoms with E-state index >= 15 is 4.39 Å². The maximum absolute atomic E-state index is 16.1. The van der Waals surface area contributed by atoms with Crippen molar-refractivity contribution in [3.05, 3.63) is 126 Å². The third-order valence-electron chi connectivity index (χ3n) is 7.07. The van der Waals surface area contributed by atoms with Crippen LogP contribution in [0, 0.1) is 23.7 Å². The van der Waals surface area contributed by atoms with E-state index in [2.05, 4.69) is 10.9 Å². The molecule has 0 aliphatic heterocycles. The van der Waals surface area contributed by atoms with E-state index in [9.17, 15) is 5.26 Å². The van der Waals surface area contributed by atoms with Crippen LogP contribution in [0.25, 0.3) is 59.8 Å². The molecule has 0 unspecified atom stereocenters. The average Bonchev–Trinajstić information content (AvgIpc) is 3.46. The van der Waals surface area contributed by atoms with Gasteiger partial charge < -0.3 is 9.13 Å². The Morgan fingerprint density at radius 3 is 1.38 bits per heavy atom. The fourth-order valence-corrected chi connectivity index (χ4v) is 5.54. The summed E-state index contributed by atoms with van der Waals surface area (Å²) in [7, 11) is 0. The normalized spacial score (nSPS) is 11.3. The number of hydrogen-bond donors (Lipinski definition) is 0. The second kappa shape index (κ2) is 7.81. The summed E-state index contributed by atoms with van der Waals surface area (Å²) in [5.74, 6) is -0.811. The highest BCUT2D eigenvalue weighted by Crippen LogP contribution is 2.41. The van der Waals surface area contributed by atoms with Crippen LogP contribution in [-0.4, -0.2) is 9.13 Å². The summed E-state index contributed by atoms with van der Waals surface area (Å²) in [5, 5.41) is 14.2. The van der Waals surface area contributed by atoms with Gasteiger partial charge in [-0.1, -0.05) is 72.8 Å². The molecule has 4 nitrogen and oxygen atoms in total. The Morgan fingerprint density at radius 1 is 0.622 bits per heavy atom. The van der Waals surface area contributed by atoms with Gasteiger partial charge in [0.25, 0.3) is 0 Å². The van der Waals surface area contributed by atoms with Crippen LogP contribution in [0.2, 0.25) is 0 Å². The lowest BCUT2D eigenvalue weighted by Crippen LogP contribution is -2.04. The van der Waals surface area contributed by atoms with Crippen LogP contribution in [0.15, 0.2) is 103 Å². The minimum absolute atomic E-state index is 0.151. The summed E-state index contributed by atoms with van der Waals surface area (Å²) in [4.78, 5) is 3.59. The van der Waals surface area contributed by atoms with Crippen molar-refractivity contribution in [3.63, 3.8) is 0 Å². The van der Waals surface area contributed by atoms with Crippen molar-refractivity contribution >= 4 is 49.3 Å². The predicted molar refractivity (Wildman–Crippen MR) is 146 cm³/mol. The van der Waals surface area contributed by atoms with Gasteiger partial charge in [0.1, 0.15) is 11.6 Å². The molecule has 7 rings (SSSR count). The van der Waals surface area contributed by atoms with Crippen LogP contribution in [0.4, 0.5) is 10.1 Å². The van der Waals surface area contributed by atoms with E-state index in [1.54, 1.807) is 6.07 Å². The molecule has 0 aliphatic carbocycles. The Kier molecular flexibility index (Phi) is 4.42. The lowest BCUT2D eigenvalue weighted by atomic mass is 10.1. The van der Waals surface area contributed by atoms with Crippen molar-refractivity contribution in [3.8, 4) is 17.4 Å². The van der Waals surface area contributed by atoms with Gasteiger partial charge in [0.15, 0.2) is 5.82 Å². The van der Waals surface area contributed by atoms with Crippen molar-refractivity contribution < 1.29 is 4.39 Å². The number of aromatic nitrogens is 2. The number of nitrogens with zero attached hydrogens (tertiary/aromatic N) is 4. The number of fused-ring (bicyclic) bond motifs is 6. The van der Waals surface area contributed by atoms with Crippen LogP contribution < -0.4 is 0 Å². The monoisotopic (exact) mass is 476 g/mol. The molecule has 0 atom stereocenters. The number of nitriles is 1. The Hall–Kier alpha value is -5.39. The Labute approximate surface area is 211 Å². The quantitative estimate of drug-likeness (QED) is 0.231. The molecule has 0 saturated carbocycles. The topological polar surface area (TPSA) is 38.0 Å². The van der Waals surface area contributed by atoms with Gasteiger partial charge in [-0.25, -0.2) is 9.24 Å². The molecule has 5 aromatic carbocycles. The average molecular weight is 477 g/mol. The van der Waals surface area contributed by atoms with Gasteiger partial charge in [0.2, 0.25) is 5.69 Å². The van der Waals surface area contributed by atoms with E-state index in [1.165, 1.54) is 0 Å². The van der Waals surface area contributed by atoms with E-state index in [4.69, 9.17) is 6.57 Å². The third kappa shape index (κ3) is 2.80. The zero-order chi connectivity index (χ0) is 25.1. The van der Waals surface area contributed by atoms with Crippen molar-refractivity contribution in [1.82, 2.24) is 9.13 Å². The van der Waals surface area contributed by atoms with Gasteiger partial charge in [-0.05, 0) is 30.3 Å². The van der Waals surface area contributed by atoms with Crippen LogP contribution in [0.5, 0.6) is 0 Å². The van der Waals surface area contributed by atoms with Gasteiger partial charge in [-0.15, -0.1) is 0 Å². The molecule has 0 amide bonds. The number of halogens is 1. The maximum atomic E-state index is 16.1. The number of rotatable bonds is 2. The largest absolute Gasteiger partial charge is 0.319 e. The lowest BCUT2D eigenvalue weighted by Gasteiger charge is -2.17. The van der Waals surface area contributed by atoms with Crippen molar-refractivity contribution in [2.75, 3.05) is 0 Å². The molecule has 7 aromatic rings. The van der Waals surface area contributed by atoms with E-state index in [0.717, 1.165) is 43.6 Å². The fraction of sp³-hybridized carbons (Fsp3) is 0. The van der Waals surface area contributed by atoms with Gasteiger partial charge in [-0.3, -0.25) is 0 Å². The molecule has 5 heteroatoms. The van der Waals surface area contributed by atoms with E-state index in [1.807, 2.05) is 106 Å². The highest BCUT2D eigenvalue weighted by atomic mass is 19.1. The van der Waals surface area contributed by atoms with Crippen molar-refractivity contribution in [2.24, 2.45) is 0 Å². The second-order valence-electron chi connectivity index (χ2n) is 8.92. The van der Waals surface area contributed by atoms with E-state index in [-0.39, 0.29) is 11.3 Å². The second-order valence-corrected chi connectivity index (χ2v) is 8.92. The molecule has 172 valence electrons. The zero-order valence-electron chi connectivity index (χ0n) is 19.5. The summed E-state index contributed by atoms with van der Waals surface area (Å²) in [5.41, 5.74) is 3.94. The summed E-state index contributed by atoms with van der Waals surface area (Å²) in [6.07, 6.45) is 0. The minimum atomic E-state index is -0.811. The Morgan fingerprint density at radius 2 is 1.00 bits per heavy atom. The van der Waals surface area contributed by atoms with E-state index < -0.39 is 5.82 Å². The first-order valence-corrected chi connectivity index (χ1v) is 11.8. The standard InChI is InChI=1S/C32H17FN4/c1-35-32-30(37-27-16-8-4-12-22(27)23-13-5-9-17-28(23)37)18-29(24(19-34)31(32)33)36-25-14-6-2-10-20(25)21-11-3-7-15-26(21)36/h2-18H. The van der Waals surface area contributed by atoms with E-state index in [0.29, 0.717) is 11.4 Å². The van der Waals surface area contributed by atoms with Gasteiger partial charge in [-0.2, -0.15) is 5.26 Å². The first kappa shape index (κ1) is 20.9. The SMILES string of the molecule is [C-]#[N+]c1c(-n2c3ccccc3c3ccccc32)cc(-n2c3ccccc3c3ccccc32)c(C#N)c1F. The molecular weight excluding hydrogens is 459 g/mol. The minimum Gasteiger partial charge on any atom is -0.319 e. The Balaban J connectivity index is 1.69. The molecule has 0 spiro atoms. The summed E-state index contributed by atoms with van der Waals surface area (Å²) < 4.78 is 20.0. The van der Waals surface area contributed by atoms with Gasteiger partial charge in [0.05, 0.1) is 40.0 Å². The summed E-state index contributed by atoms with van der Waals surface area (Å²) in [6.45, 7) is 7.88. The first-order chi connectivity index (χ1) is 18.2. The summed E-state index contributed by atoms with van der Waals surface area (Å²) in [6, 6.07) is 35.4. The van der Waals surface area contributed by atoms with Gasteiger partial charge >= 0.3 is 0 Å². The van der Waals surface area contributed by atoms with Crippen LogP contribution in [0.3, 0.4) is 0 Å². The molecule has 0 bridgehead atoms. The first-order valence-electron chi connectivity index (χ1n) is 11.8. The fourth-order valence-electron chi connectivity index (χ4n) is 5.54. The molecule has 0 aliphatic rings. The molecule has 0 saturated heterocycles.